The molecular formula is C6H11I3. The second kappa shape index (κ2) is 8.29. The third kappa shape index (κ3) is 10.2. The maximum atomic E-state index is 2.48. The van der Waals surface area contributed by atoms with E-state index in [2.05, 4.69) is 67.8 Å². The molecule has 0 bridgehead atoms. The van der Waals surface area contributed by atoms with Crippen molar-refractivity contribution in [2.24, 2.45) is 0 Å². The Bertz CT molecular complexity index is 54.3. The summed E-state index contributed by atoms with van der Waals surface area (Å²) in [5, 5.41) is 0. The molecule has 0 radical (unpaired) electrons. The van der Waals surface area contributed by atoms with Gasteiger partial charge >= 0.3 is 0 Å². The molecule has 0 unspecified atom stereocenters. The van der Waals surface area contributed by atoms with Crippen molar-refractivity contribution in [2.45, 2.75) is 27.6 Å². The maximum absolute atomic E-state index is 2.48. The second-order valence-electron chi connectivity index (χ2n) is 1.93. The minimum atomic E-state index is 0.842. The third-order valence-corrected chi connectivity index (χ3v) is 3.06. The number of hydrogen-bond acceptors (Lipinski definition) is 0. The molecule has 0 aromatic heterocycles. The van der Waals surface area contributed by atoms with E-state index in [1.165, 1.54) is 30.1 Å². The van der Waals surface area contributed by atoms with Crippen LogP contribution in [0.15, 0.2) is 0 Å². The second-order valence-corrected chi connectivity index (χ2v) is 8.40. The average Bonchev–Trinajstić information content (AvgIpc) is 1.80. The van der Waals surface area contributed by atoms with Crippen molar-refractivity contribution >= 4 is 67.8 Å². The normalized spacial score (nSPS) is 10.7. The Morgan fingerprint density at radius 2 is 1.67 bits per heavy atom. The SMILES string of the molecule is ICCCCCC(I)I. The van der Waals surface area contributed by atoms with Crippen LogP contribution >= 0.6 is 67.8 Å². The van der Waals surface area contributed by atoms with Crippen LogP contribution in [0.1, 0.15) is 25.7 Å². The maximum Gasteiger partial charge on any atom is 0.0626 e. The summed E-state index contributed by atoms with van der Waals surface area (Å²) in [6, 6.07) is 0. The molecule has 0 amide bonds. The number of hydrogen-bond donors (Lipinski definition) is 0. The van der Waals surface area contributed by atoms with Gasteiger partial charge in [0.15, 0.2) is 0 Å². The van der Waals surface area contributed by atoms with E-state index in [-0.39, 0.29) is 0 Å². The van der Waals surface area contributed by atoms with Gasteiger partial charge in [0.05, 0.1) is 1.93 Å². The van der Waals surface area contributed by atoms with Gasteiger partial charge in [-0.25, -0.2) is 0 Å². The van der Waals surface area contributed by atoms with Crippen molar-refractivity contribution in [2.75, 3.05) is 4.43 Å². The summed E-state index contributed by atoms with van der Waals surface area (Å²) >= 11 is 7.40. The number of rotatable bonds is 5. The van der Waals surface area contributed by atoms with Gasteiger partial charge in [0.1, 0.15) is 0 Å². The summed E-state index contributed by atoms with van der Waals surface area (Å²) in [7, 11) is 0. The molecule has 0 atom stereocenters. The Morgan fingerprint density at radius 1 is 1.00 bits per heavy atom. The predicted molar refractivity (Wildman–Crippen MR) is 69.2 cm³/mol. The number of halogens is 3. The molecule has 0 saturated carbocycles. The van der Waals surface area contributed by atoms with Gasteiger partial charge in [-0.1, -0.05) is 80.6 Å². The molecule has 3 heteroatoms. The summed E-state index contributed by atoms with van der Waals surface area (Å²) in [5.74, 6) is 0. The molecule has 0 aromatic rings. The molecule has 0 saturated heterocycles. The van der Waals surface area contributed by atoms with Crippen LogP contribution in [0.2, 0.25) is 0 Å². The monoisotopic (exact) mass is 464 g/mol. The fourth-order valence-corrected chi connectivity index (χ4v) is 1.99. The van der Waals surface area contributed by atoms with Crippen LogP contribution in [0.5, 0.6) is 0 Å². The molecule has 0 rings (SSSR count). The first-order valence-corrected chi connectivity index (χ1v) is 7.13. The Kier molecular flexibility index (Phi) is 10.3. The van der Waals surface area contributed by atoms with Gasteiger partial charge in [-0.3, -0.25) is 0 Å². The largest absolute Gasteiger partial charge is 0.0864 e. The fraction of sp³-hybridized carbons (Fsp3) is 1.00. The van der Waals surface area contributed by atoms with Crippen molar-refractivity contribution in [3.63, 3.8) is 0 Å². The van der Waals surface area contributed by atoms with Gasteiger partial charge in [0.2, 0.25) is 0 Å². The van der Waals surface area contributed by atoms with E-state index in [0.29, 0.717) is 0 Å². The summed E-state index contributed by atoms with van der Waals surface area (Å²) in [6.45, 7) is 0. The number of alkyl halides is 3. The van der Waals surface area contributed by atoms with Gasteiger partial charge in [-0.2, -0.15) is 0 Å². The lowest BCUT2D eigenvalue weighted by Crippen LogP contribution is -1.84. The molecule has 9 heavy (non-hydrogen) atoms. The van der Waals surface area contributed by atoms with Gasteiger partial charge in [0.25, 0.3) is 0 Å². The minimum Gasteiger partial charge on any atom is -0.0864 e. The highest BCUT2D eigenvalue weighted by Crippen LogP contribution is 2.17. The van der Waals surface area contributed by atoms with E-state index < -0.39 is 0 Å². The first-order chi connectivity index (χ1) is 4.27. The van der Waals surface area contributed by atoms with Gasteiger partial charge in [-0.05, 0) is 17.3 Å². The minimum absolute atomic E-state index is 0.842. The highest BCUT2D eigenvalue weighted by atomic mass is 127. The summed E-state index contributed by atoms with van der Waals surface area (Å²) in [6.07, 6.45) is 5.63. The molecule has 0 N–H and O–H groups in total. The number of unbranched alkanes of at least 4 members (excludes halogenated alkanes) is 2. The fourth-order valence-electron chi connectivity index (χ4n) is 0.570. The molecule has 0 spiro atoms. The predicted octanol–water partition coefficient (Wildman–Crippen LogP) is 4.18. The average molecular weight is 464 g/mol. The van der Waals surface area contributed by atoms with Crippen LogP contribution in [0.4, 0.5) is 0 Å². The quantitative estimate of drug-likeness (QED) is 0.326. The molecule has 0 aliphatic heterocycles. The van der Waals surface area contributed by atoms with Crippen molar-refractivity contribution < 1.29 is 0 Å². The Labute approximate surface area is 98.3 Å². The van der Waals surface area contributed by atoms with Crippen LogP contribution in [-0.4, -0.2) is 6.36 Å². The third-order valence-electron chi connectivity index (χ3n) is 1.06. The Balaban J connectivity index is 2.75. The summed E-state index contributed by atoms with van der Waals surface area (Å²) in [5.41, 5.74) is 0. The first kappa shape index (κ1) is 11.2. The van der Waals surface area contributed by atoms with Gasteiger partial charge < -0.3 is 0 Å². The Hall–Kier alpha value is 2.19. The molecule has 0 fully saturated rings. The van der Waals surface area contributed by atoms with Gasteiger partial charge in [0, 0.05) is 0 Å². The molecule has 0 aliphatic rings. The lowest BCUT2D eigenvalue weighted by atomic mass is 10.2. The molecule has 56 valence electrons. The van der Waals surface area contributed by atoms with E-state index in [9.17, 15) is 0 Å². The van der Waals surface area contributed by atoms with E-state index in [1.54, 1.807) is 0 Å². The molecule has 0 heterocycles. The molecule has 0 aliphatic carbocycles. The standard InChI is InChI=1S/C6H11I3/c7-5-3-1-2-4-6(8)9/h6H,1-5H2. The molecule has 0 nitrogen and oxygen atoms in total. The van der Waals surface area contributed by atoms with E-state index in [4.69, 9.17) is 0 Å². The summed E-state index contributed by atoms with van der Waals surface area (Å²) < 4.78 is 2.17. The molecular weight excluding hydrogens is 453 g/mol. The lowest BCUT2D eigenvalue weighted by molar-refractivity contribution is 0.714. The van der Waals surface area contributed by atoms with Crippen LogP contribution in [0.25, 0.3) is 0 Å². The van der Waals surface area contributed by atoms with E-state index in [1.807, 2.05) is 0 Å². The van der Waals surface area contributed by atoms with E-state index in [0.717, 1.165) is 1.93 Å². The van der Waals surface area contributed by atoms with Crippen LogP contribution in [0, 0.1) is 0 Å². The van der Waals surface area contributed by atoms with Crippen LogP contribution < -0.4 is 0 Å². The van der Waals surface area contributed by atoms with Crippen molar-refractivity contribution in [3.05, 3.63) is 0 Å². The van der Waals surface area contributed by atoms with Crippen LogP contribution in [-0.2, 0) is 0 Å². The zero-order valence-electron chi connectivity index (χ0n) is 5.25. The van der Waals surface area contributed by atoms with E-state index >= 15 is 0 Å². The van der Waals surface area contributed by atoms with Crippen LogP contribution in [0.3, 0.4) is 0 Å². The first-order valence-electron chi connectivity index (χ1n) is 3.11. The molecule has 0 aromatic carbocycles. The topological polar surface area (TPSA) is 0 Å². The van der Waals surface area contributed by atoms with Crippen molar-refractivity contribution in [1.82, 2.24) is 0 Å². The smallest absolute Gasteiger partial charge is 0.0626 e. The zero-order chi connectivity index (χ0) is 7.11. The van der Waals surface area contributed by atoms with Crippen molar-refractivity contribution in [1.29, 1.82) is 0 Å². The zero-order valence-corrected chi connectivity index (χ0v) is 11.7. The highest BCUT2D eigenvalue weighted by Gasteiger charge is 1.95. The Morgan fingerprint density at radius 3 is 2.11 bits per heavy atom. The van der Waals surface area contributed by atoms with Crippen molar-refractivity contribution in [3.8, 4) is 0 Å². The van der Waals surface area contributed by atoms with Gasteiger partial charge in [-0.15, -0.1) is 0 Å². The summed E-state index contributed by atoms with van der Waals surface area (Å²) in [4.78, 5) is 0. The highest BCUT2D eigenvalue weighted by molar-refractivity contribution is 14.2. The lowest BCUT2D eigenvalue weighted by Gasteiger charge is -1.98.